The third-order valence-electron chi connectivity index (χ3n) is 2.80. The molecule has 3 rings (SSSR count). The number of esters is 2. The number of rotatable bonds is 2. The molecule has 0 saturated carbocycles. The predicted molar refractivity (Wildman–Crippen MR) is 60.9 cm³/mol. The van der Waals surface area contributed by atoms with Crippen LogP contribution in [0.5, 0.6) is 0 Å². The van der Waals surface area contributed by atoms with E-state index in [2.05, 4.69) is 10.2 Å². The van der Waals surface area contributed by atoms with Crippen molar-refractivity contribution in [2.75, 3.05) is 6.61 Å². The lowest BCUT2D eigenvalue weighted by Gasteiger charge is -2.06. The first-order valence-electron chi connectivity index (χ1n) is 5.56. The SMILES string of the molecule is O=C(OC1CCOC1=O)c1n[nH]c2ccccc12. The van der Waals surface area contributed by atoms with E-state index >= 15 is 0 Å². The van der Waals surface area contributed by atoms with E-state index in [1.165, 1.54) is 0 Å². The van der Waals surface area contributed by atoms with Gasteiger partial charge in [0.1, 0.15) is 0 Å². The second kappa shape index (κ2) is 4.14. The van der Waals surface area contributed by atoms with Gasteiger partial charge in [-0.1, -0.05) is 18.2 Å². The zero-order valence-electron chi connectivity index (χ0n) is 9.38. The smallest absolute Gasteiger partial charge is 0.360 e. The fourth-order valence-corrected chi connectivity index (χ4v) is 1.89. The Balaban J connectivity index is 1.86. The van der Waals surface area contributed by atoms with Gasteiger partial charge in [-0.15, -0.1) is 0 Å². The van der Waals surface area contributed by atoms with Crippen molar-refractivity contribution in [2.24, 2.45) is 0 Å². The first kappa shape index (κ1) is 10.8. The topological polar surface area (TPSA) is 81.3 Å². The van der Waals surface area contributed by atoms with Gasteiger partial charge in [-0.25, -0.2) is 9.59 Å². The average Bonchev–Trinajstić information content (AvgIpc) is 2.96. The highest BCUT2D eigenvalue weighted by Crippen LogP contribution is 2.18. The van der Waals surface area contributed by atoms with Gasteiger partial charge >= 0.3 is 11.9 Å². The zero-order valence-corrected chi connectivity index (χ0v) is 9.38. The number of aromatic amines is 1. The Kier molecular flexibility index (Phi) is 2.47. The van der Waals surface area contributed by atoms with Gasteiger partial charge < -0.3 is 9.47 Å². The molecule has 1 aliphatic rings. The van der Waals surface area contributed by atoms with Crippen LogP contribution in [0, 0.1) is 0 Å². The molecule has 6 nitrogen and oxygen atoms in total. The van der Waals surface area contributed by atoms with Crippen LogP contribution in [0.2, 0.25) is 0 Å². The highest BCUT2D eigenvalue weighted by atomic mass is 16.6. The third-order valence-corrected chi connectivity index (χ3v) is 2.80. The van der Waals surface area contributed by atoms with E-state index in [0.717, 1.165) is 5.52 Å². The summed E-state index contributed by atoms with van der Waals surface area (Å²) in [5.74, 6) is -1.11. The van der Waals surface area contributed by atoms with E-state index in [-0.39, 0.29) is 12.3 Å². The maximum atomic E-state index is 11.9. The molecule has 6 heteroatoms. The quantitative estimate of drug-likeness (QED) is 0.800. The fraction of sp³-hybridized carbons (Fsp3) is 0.250. The maximum Gasteiger partial charge on any atom is 0.360 e. The molecule has 1 fully saturated rings. The highest BCUT2D eigenvalue weighted by Gasteiger charge is 2.31. The van der Waals surface area contributed by atoms with Crippen molar-refractivity contribution in [1.82, 2.24) is 10.2 Å². The molecule has 0 radical (unpaired) electrons. The largest absolute Gasteiger partial charge is 0.463 e. The molecule has 1 N–H and O–H groups in total. The van der Waals surface area contributed by atoms with E-state index in [4.69, 9.17) is 9.47 Å². The minimum absolute atomic E-state index is 0.185. The van der Waals surface area contributed by atoms with Crippen LogP contribution < -0.4 is 0 Å². The molecule has 1 aromatic heterocycles. The van der Waals surface area contributed by atoms with E-state index in [0.29, 0.717) is 11.8 Å². The number of hydrogen-bond acceptors (Lipinski definition) is 5. The standard InChI is InChI=1S/C12H10N2O4/c15-11-9(5-6-17-11)18-12(16)10-7-3-1-2-4-8(7)13-14-10/h1-4,9H,5-6H2,(H,13,14). The molecule has 2 heterocycles. The average molecular weight is 246 g/mol. The summed E-state index contributed by atoms with van der Waals surface area (Å²) in [6, 6.07) is 7.22. The summed E-state index contributed by atoms with van der Waals surface area (Å²) in [6.45, 7) is 0.290. The molecular formula is C12H10N2O4. The zero-order chi connectivity index (χ0) is 12.5. The van der Waals surface area contributed by atoms with E-state index in [1.807, 2.05) is 12.1 Å². The molecular weight excluding hydrogens is 236 g/mol. The number of aromatic nitrogens is 2. The van der Waals surface area contributed by atoms with Crippen LogP contribution in [-0.4, -0.2) is 34.8 Å². The van der Waals surface area contributed by atoms with Gasteiger partial charge in [0.2, 0.25) is 6.10 Å². The number of nitrogens with one attached hydrogen (secondary N) is 1. The number of para-hydroxylation sites is 1. The lowest BCUT2D eigenvalue weighted by Crippen LogP contribution is -2.23. The van der Waals surface area contributed by atoms with Crippen LogP contribution >= 0.6 is 0 Å². The summed E-state index contributed by atoms with van der Waals surface area (Å²) in [4.78, 5) is 23.1. The van der Waals surface area contributed by atoms with Crippen LogP contribution in [0.25, 0.3) is 10.9 Å². The lowest BCUT2D eigenvalue weighted by atomic mass is 10.2. The van der Waals surface area contributed by atoms with Gasteiger partial charge in [0.25, 0.3) is 0 Å². The monoisotopic (exact) mass is 246 g/mol. The van der Waals surface area contributed by atoms with Gasteiger partial charge in [-0.2, -0.15) is 5.10 Å². The lowest BCUT2D eigenvalue weighted by molar-refractivity contribution is -0.145. The maximum absolute atomic E-state index is 11.9. The number of nitrogens with zero attached hydrogens (tertiary/aromatic N) is 1. The van der Waals surface area contributed by atoms with Crippen LogP contribution in [0.15, 0.2) is 24.3 Å². The van der Waals surface area contributed by atoms with E-state index in [1.54, 1.807) is 12.1 Å². The fourth-order valence-electron chi connectivity index (χ4n) is 1.89. The van der Waals surface area contributed by atoms with Gasteiger partial charge in [-0.05, 0) is 6.07 Å². The molecule has 2 aromatic rings. The second-order valence-corrected chi connectivity index (χ2v) is 3.97. The molecule has 92 valence electrons. The van der Waals surface area contributed by atoms with E-state index in [9.17, 15) is 9.59 Å². The van der Waals surface area contributed by atoms with Crippen molar-refractivity contribution < 1.29 is 19.1 Å². The normalized spacial score (nSPS) is 18.9. The molecule has 1 aliphatic heterocycles. The molecule has 1 saturated heterocycles. The first-order chi connectivity index (χ1) is 8.75. The van der Waals surface area contributed by atoms with E-state index < -0.39 is 18.0 Å². The molecule has 1 aromatic carbocycles. The number of H-pyrrole nitrogens is 1. The molecule has 1 unspecified atom stereocenters. The Morgan fingerprint density at radius 2 is 2.28 bits per heavy atom. The van der Waals surface area contributed by atoms with Gasteiger partial charge in [0.15, 0.2) is 5.69 Å². The van der Waals surface area contributed by atoms with Gasteiger partial charge in [0.05, 0.1) is 12.1 Å². The second-order valence-electron chi connectivity index (χ2n) is 3.97. The van der Waals surface area contributed by atoms with Crippen LogP contribution in [0.4, 0.5) is 0 Å². The van der Waals surface area contributed by atoms with Gasteiger partial charge in [-0.3, -0.25) is 5.10 Å². The Labute approximate surface area is 102 Å². The number of fused-ring (bicyclic) bond motifs is 1. The summed E-state index contributed by atoms with van der Waals surface area (Å²) in [7, 11) is 0. The molecule has 0 amide bonds. The predicted octanol–water partition coefficient (Wildman–Crippen LogP) is 1.04. The summed E-state index contributed by atoms with van der Waals surface area (Å²) < 4.78 is 9.81. The molecule has 18 heavy (non-hydrogen) atoms. The van der Waals surface area contributed by atoms with Crippen molar-refractivity contribution in [1.29, 1.82) is 0 Å². The van der Waals surface area contributed by atoms with Crippen molar-refractivity contribution in [3.8, 4) is 0 Å². The summed E-state index contributed by atoms with van der Waals surface area (Å²) in [5, 5.41) is 7.32. The van der Waals surface area contributed by atoms with Crippen LogP contribution in [0.3, 0.4) is 0 Å². The van der Waals surface area contributed by atoms with Crippen molar-refractivity contribution in [3.05, 3.63) is 30.0 Å². The van der Waals surface area contributed by atoms with Crippen molar-refractivity contribution in [3.63, 3.8) is 0 Å². The Morgan fingerprint density at radius 3 is 3.06 bits per heavy atom. The molecule has 0 spiro atoms. The van der Waals surface area contributed by atoms with Crippen molar-refractivity contribution in [2.45, 2.75) is 12.5 Å². The number of ether oxygens (including phenoxy) is 2. The van der Waals surface area contributed by atoms with Crippen molar-refractivity contribution >= 4 is 22.8 Å². The van der Waals surface area contributed by atoms with Crippen LogP contribution in [-0.2, 0) is 14.3 Å². The highest BCUT2D eigenvalue weighted by molar-refractivity contribution is 6.02. The minimum atomic E-state index is -0.812. The summed E-state index contributed by atoms with van der Waals surface area (Å²) >= 11 is 0. The first-order valence-corrected chi connectivity index (χ1v) is 5.56. The Bertz CT molecular complexity index is 619. The third kappa shape index (κ3) is 1.71. The number of hydrogen-bond donors (Lipinski definition) is 1. The molecule has 0 aliphatic carbocycles. The molecule has 1 atom stereocenters. The summed E-state index contributed by atoms with van der Waals surface area (Å²) in [6.07, 6.45) is -0.416. The Morgan fingerprint density at radius 1 is 1.44 bits per heavy atom. The Hall–Kier alpha value is -2.37. The summed E-state index contributed by atoms with van der Waals surface area (Å²) in [5.41, 5.74) is 0.934. The molecule has 0 bridgehead atoms. The number of benzene rings is 1. The number of carbonyl (C=O) groups excluding carboxylic acids is 2. The number of cyclic esters (lactones) is 1. The number of carbonyl (C=O) groups is 2. The van der Waals surface area contributed by atoms with Crippen LogP contribution in [0.1, 0.15) is 16.9 Å². The van der Waals surface area contributed by atoms with Gasteiger partial charge in [0, 0.05) is 11.8 Å². The minimum Gasteiger partial charge on any atom is -0.463 e.